The van der Waals surface area contributed by atoms with Crippen molar-refractivity contribution in [2.45, 2.75) is 6.42 Å². The maximum absolute atomic E-state index is 13.0. The fraction of sp³-hybridized carbons (Fsp3) is 0.417. The summed E-state index contributed by atoms with van der Waals surface area (Å²) < 4.78 is 13.0. The van der Waals surface area contributed by atoms with Crippen LogP contribution in [-0.4, -0.2) is 35.4 Å². The van der Waals surface area contributed by atoms with E-state index >= 15 is 0 Å². The zero-order valence-electron chi connectivity index (χ0n) is 10.2. The Morgan fingerprint density at radius 1 is 1.58 bits per heavy atom. The van der Waals surface area contributed by atoms with Crippen molar-refractivity contribution in [3.8, 4) is 0 Å². The maximum Gasteiger partial charge on any atom is 0.285 e. The van der Waals surface area contributed by atoms with Gasteiger partial charge in [-0.25, -0.2) is 4.39 Å². The molecule has 0 bridgehead atoms. The molecule has 1 aromatic carbocycles. The van der Waals surface area contributed by atoms with Gasteiger partial charge in [-0.2, -0.15) is 0 Å². The van der Waals surface area contributed by atoms with Gasteiger partial charge in [0.1, 0.15) is 11.4 Å². The van der Waals surface area contributed by atoms with Crippen LogP contribution in [0.2, 0.25) is 0 Å². The number of amides is 1. The number of halogens is 1. The molecule has 1 saturated heterocycles. The van der Waals surface area contributed by atoms with Crippen LogP contribution in [0, 0.1) is 21.8 Å². The smallest absolute Gasteiger partial charge is 0.285 e. The van der Waals surface area contributed by atoms with Gasteiger partial charge in [-0.1, -0.05) is 0 Å². The monoisotopic (exact) mass is 267 g/mol. The van der Waals surface area contributed by atoms with E-state index in [4.69, 9.17) is 5.73 Å². The molecule has 1 aromatic rings. The van der Waals surface area contributed by atoms with Gasteiger partial charge in [0.2, 0.25) is 0 Å². The summed E-state index contributed by atoms with van der Waals surface area (Å²) >= 11 is 0. The molecule has 0 aliphatic carbocycles. The van der Waals surface area contributed by atoms with Crippen LogP contribution in [-0.2, 0) is 0 Å². The second kappa shape index (κ2) is 5.31. The van der Waals surface area contributed by atoms with Gasteiger partial charge >= 0.3 is 0 Å². The minimum atomic E-state index is -0.743. The maximum atomic E-state index is 13.0. The summed E-state index contributed by atoms with van der Waals surface area (Å²) in [5.41, 5.74) is 4.96. The zero-order chi connectivity index (χ0) is 14.0. The Balaban J connectivity index is 2.27. The predicted octanol–water partition coefficient (Wildman–Crippen LogP) is 1.15. The Kier molecular flexibility index (Phi) is 3.75. The molecule has 1 amide bonds. The largest absolute Gasteiger partial charge is 0.338 e. The van der Waals surface area contributed by atoms with Crippen molar-refractivity contribution in [3.05, 3.63) is 39.7 Å². The van der Waals surface area contributed by atoms with Crippen molar-refractivity contribution in [3.63, 3.8) is 0 Å². The number of rotatable bonds is 3. The number of benzene rings is 1. The van der Waals surface area contributed by atoms with E-state index in [0.717, 1.165) is 24.6 Å². The molecule has 0 aromatic heterocycles. The molecule has 102 valence electrons. The van der Waals surface area contributed by atoms with Crippen LogP contribution in [0.1, 0.15) is 16.8 Å². The number of nitrogens with zero attached hydrogens (tertiary/aromatic N) is 2. The number of carbonyl (C=O) groups excluding carboxylic acids is 1. The molecule has 1 fully saturated rings. The Morgan fingerprint density at radius 3 is 2.89 bits per heavy atom. The first kappa shape index (κ1) is 13.4. The van der Waals surface area contributed by atoms with Crippen molar-refractivity contribution < 1.29 is 14.1 Å². The quantitative estimate of drug-likeness (QED) is 0.657. The van der Waals surface area contributed by atoms with E-state index in [1.807, 2.05) is 0 Å². The van der Waals surface area contributed by atoms with Crippen LogP contribution in [0.25, 0.3) is 0 Å². The molecular weight excluding hydrogens is 253 g/mol. The summed E-state index contributed by atoms with van der Waals surface area (Å²) in [6, 6.07) is 2.98. The number of carbonyl (C=O) groups is 1. The topological polar surface area (TPSA) is 89.5 Å². The van der Waals surface area contributed by atoms with Crippen molar-refractivity contribution in [2.75, 3.05) is 19.6 Å². The van der Waals surface area contributed by atoms with Gasteiger partial charge in [-0.15, -0.1) is 0 Å². The lowest BCUT2D eigenvalue weighted by Gasteiger charge is -2.16. The van der Waals surface area contributed by atoms with Crippen molar-refractivity contribution in [2.24, 2.45) is 11.7 Å². The molecule has 19 heavy (non-hydrogen) atoms. The van der Waals surface area contributed by atoms with Crippen molar-refractivity contribution in [1.29, 1.82) is 0 Å². The third-order valence-corrected chi connectivity index (χ3v) is 3.29. The van der Waals surface area contributed by atoms with E-state index in [1.54, 1.807) is 0 Å². The third kappa shape index (κ3) is 2.70. The highest BCUT2D eigenvalue weighted by atomic mass is 19.1. The summed E-state index contributed by atoms with van der Waals surface area (Å²) in [6.07, 6.45) is 0.789. The van der Waals surface area contributed by atoms with E-state index in [1.165, 1.54) is 4.90 Å². The molecule has 6 nitrogen and oxygen atoms in total. The van der Waals surface area contributed by atoms with Gasteiger partial charge in [-0.05, 0) is 31.0 Å². The fourth-order valence-corrected chi connectivity index (χ4v) is 2.22. The van der Waals surface area contributed by atoms with Crippen molar-refractivity contribution >= 4 is 11.6 Å². The molecule has 1 atom stereocenters. The molecule has 0 radical (unpaired) electrons. The molecule has 1 unspecified atom stereocenters. The summed E-state index contributed by atoms with van der Waals surface area (Å²) in [5.74, 6) is -0.949. The molecule has 2 N–H and O–H groups in total. The van der Waals surface area contributed by atoms with Crippen LogP contribution in [0.15, 0.2) is 18.2 Å². The highest BCUT2D eigenvalue weighted by molar-refractivity contribution is 5.98. The van der Waals surface area contributed by atoms with Gasteiger partial charge in [-0.3, -0.25) is 14.9 Å². The molecule has 2 rings (SSSR count). The van der Waals surface area contributed by atoms with Crippen molar-refractivity contribution in [1.82, 2.24) is 4.90 Å². The van der Waals surface area contributed by atoms with E-state index in [0.29, 0.717) is 19.6 Å². The van der Waals surface area contributed by atoms with Crippen LogP contribution in [0.3, 0.4) is 0 Å². The van der Waals surface area contributed by atoms with Gasteiger partial charge in [0, 0.05) is 13.1 Å². The number of nitro groups is 1. The third-order valence-electron chi connectivity index (χ3n) is 3.29. The lowest BCUT2D eigenvalue weighted by molar-refractivity contribution is -0.385. The van der Waals surface area contributed by atoms with Crippen LogP contribution >= 0.6 is 0 Å². The standard InChI is InChI=1S/C12H14FN3O3/c13-9-1-2-10(11(5-9)16(18)19)12(17)15-4-3-8(6-14)7-15/h1-2,5,8H,3-4,6-7,14H2. The number of likely N-dealkylation sites (tertiary alicyclic amines) is 1. The molecule has 1 aliphatic rings. The summed E-state index contributed by atoms with van der Waals surface area (Å²) in [7, 11) is 0. The lowest BCUT2D eigenvalue weighted by atomic mass is 10.1. The van der Waals surface area contributed by atoms with E-state index in [9.17, 15) is 19.3 Å². The van der Waals surface area contributed by atoms with Crippen LogP contribution in [0.4, 0.5) is 10.1 Å². The molecule has 7 heteroatoms. The molecular formula is C12H14FN3O3. The molecule has 0 saturated carbocycles. The van der Waals surface area contributed by atoms with E-state index in [-0.39, 0.29) is 11.5 Å². The summed E-state index contributed by atoms with van der Waals surface area (Å²) in [4.78, 5) is 23.8. The Bertz CT molecular complexity index is 521. The fourth-order valence-electron chi connectivity index (χ4n) is 2.22. The lowest BCUT2D eigenvalue weighted by Crippen LogP contribution is -2.30. The Morgan fingerprint density at radius 2 is 2.32 bits per heavy atom. The van der Waals surface area contributed by atoms with E-state index < -0.39 is 22.3 Å². The van der Waals surface area contributed by atoms with Gasteiger partial charge in [0.05, 0.1) is 11.0 Å². The Hall–Kier alpha value is -2.02. The highest BCUT2D eigenvalue weighted by Crippen LogP contribution is 2.24. The van der Waals surface area contributed by atoms with E-state index in [2.05, 4.69) is 0 Å². The number of nitro benzene ring substituents is 1. The average Bonchev–Trinajstić information content (AvgIpc) is 2.86. The second-order valence-corrected chi connectivity index (χ2v) is 4.56. The molecule has 0 spiro atoms. The highest BCUT2D eigenvalue weighted by Gasteiger charge is 2.30. The normalized spacial score (nSPS) is 18.6. The number of hydrogen-bond acceptors (Lipinski definition) is 4. The summed E-state index contributed by atoms with van der Waals surface area (Å²) in [6.45, 7) is 1.49. The summed E-state index contributed by atoms with van der Waals surface area (Å²) in [5, 5.41) is 10.9. The first-order chi connectivity index (χ1) is 9.02. The number of nitrogens with two attached hydrogens (primary N) is 1. The van der Waals surface area contributed by atoms with Gasteiger partial charge in [0.25, 0.3) is 11.6 Å². The zero-order valence-corrected chi connectivity index (χ0v) is 10.2. The second-order valence-electron chi connectivity index (χ2n) is 4.56. The van der Waals surface area contributed by atoms with Gasteiger partial charge < -0.3 is 10.6 Å². The first-order valence-electron chi connectivity index (χ1n) is 5.96. The minimum Gasteiger partial charge on any atom is -0.338 e. The Labute approximate surface area is 109 Å². The SMILES string of the molecule is NCC1CCN(C(=O)c2ccc(F)cc2[N+](=O)[O-])C1. The van der Waals surface area contributed by atoms with Crippen LogP contribution < -0.4 is 5.73 Å². The average molecular weight is 267 g/mol. The number of hydrogen-bond donors (Lipinski definition) is 1. The molecule has 1 aliphatic heterocycles. The first-order valence-corrected chi connectivity index (χ1v) is 5.96. The van der Waals surface area contributed by atoms with Crippen LogP contribution in [0.5, 0.6) is 0 Å². The predicted molar refractivity (Wildman–Crippen MR) is 66.1 cm³/mol. The van der Waals surface area contributed by atoms with Gasteiger partial charge in [0.15, 0.2) is 0 Å². The minimum absolute atomic E-state index is 0.0796. The molecule has 1 heterocycles.